The third-order valence-electron chi connectivity index (χ3n) is 13.9. The van der Waals surface area contributed by atoms with Gasteiger partial charge in [0.15, 0.2) is 5.84 Å². The summed E-state index contributed by atoms with van der Waals surface area (Å²) in [6, 6.07) is 80.7. The van der Waals surface area contributed by atoms with E-state index < -0.39 is 0 Å². The molecular formula is C63H39N3O. The number of benzene rings is 12. The zero-order valence-electron chi connectivity index (χ0n) is 36.2. The van der Waals surface area contributed by atoms with Crippen molar-refractivity contribution >= 4 is 98.2 Å². The van der Waals surface area contributed by atoms with Gasteiger partial charge in [0.25, 0.3) is 0 Å². The second kappa shape index (κ2) is 14.8. The molecule has 1 unspecified atom stereocenters. The van der Waals surface area contributed by atoms with Gasteiger partial charge in [0.1, 0.15) is 23.2 Å². The lowest BCUT2D eigenvalue weighted by molar-refractivity contribution is 0.668. The Morgan fingerprint density at radius 1 is 0.343 bits per heavy atom. The molecule has 1 aromatic heterocycles. The van der Waals surface area contributed by atoms with Crippen LogP contribution < -0.4 is 5.32 Å². The summed E-state index contributed by atoms with van der Waals surface area (Å²) in [5.74, 6) is 1.43. The Bertz CT molecular complexity index is 4170. The lowest BCUT2D eigenvalue weighted by Gasteiger charge is -2.24. The molecule has 1 aliphatic rings. The van der Waals surface area contributed by atoms with Gasteiger partial charge in [-0.2, -0.15) is 0 Å². The molecule has 0 spiro atoms. The predicted octanol–water partition coefficient (Wildman–Crippen LogP) is 16.3. The maximum Gasteiger partial charge on any atom is 0.159 e. The van der Waals surface area contributed by atoms with E-state index in [1.165, 1.54) is 64.6 Å². The van der Waals surface area contributed by atoms with Crippen molar-refractivity contribution in [2.75, 3.05) is 0 Å². The van der Waals surface area contributed by atoms with Gasteiger partial charge >= 0.3 is 0 Å². The fourth-order valence-electron chi connectivity index (χ4n) is 10.8. The molecule has 1 aliphatic heterocycles. The summed E-state index contributed by atoms with van der Waals surface area (Å²) in [6.45, 7) is 0. The van der Waals surface area contributed by atoms with Gasteiger partial charge in [-0.15, -0.1) is 0 Å². The minimum absolute atomic E-state index is 0.338. The minimum atomic E-state index is -0.338. The molecule has 0 bridgehead atoms. The van der Waals surface area contributed by atoms with E-state index in [0.717, 1.165) is 66.7 Å². The Hall–Kier alpha value is -8.86. The van der Waals surface area contributed by atoms with E-state index >= 15 is 0 Å². The number of nitrogens with one attached hydrogen (secondary N) is 1. The Morgan fingerprint density at radius 2 is 0.821 bits per heavy atom. The number of nitrogens with zero attached hydrogens (tertiary/aromatic N) is 2. The molecule has 2 heterocycles. The normalized spacial score (nSPS) is 14.1. The SMILES string of the molecule is c1ccc(C2=NC(c3ccccc3)NC(c3cccc4oc5c(-c6ccc7c8ccccc8c8ccccc8c7c6)cc(-c6ccc7c8ccccc8c8ccccc8c7c6)cc5c34)=N2)cc1. The maximum atomic E-state index is 7.12. The first-order chi connectivity index (χ1) is 33.2. The highest BCUT2D eigenvalue weighted by Gasteiger charge is 2.25. The van der Waals surface area contributed by atoms with E-state index in [0.29, 0.717) is 5.84 Å². The molecule has 4 heteroatoms. The van der Waals surface area contributed by atoms with Crippen molar-refractivity contribution < 1.29 is 4.42 Å². The number of hydrogen-bond donors (Lipinski definition) is 1. The lowest BCUT2D eigenvalue weighted by atomic mass is 9.89. The molecule has 0 saturated heterocycles. The lowest BCUT2D eigenvalue weighted by Crippen LogP contribution is -2.33. The summed E-state index contributed by atoms with van der Waals surface area (Å²) in [6.07, 6.45) is -0.338. The van der Waals surface area contributed by atoms with E-state index in [9.17, 15) is 0 Å². The third-order valence-corrected chi connectivity index (χ3v) is 13.9. The van der Waals surface area contributed by atoms with Crippen molar-refractivity contribution in [3.05, 3.63) is 241 Å². The van der Waals surface area contributed by atoms with E-state index in [2.05, 4.69) is 206 Å². The highest BCUT2D eigenvalue weighted by atomic mass is 16.3. The Balaban J connectivity index is 1.05. The van der Waals surface area contributed by atoms with Gasteiger partial charge in [0.2, 0.25) is 0 Å². The molecular weight excluding hydrogens is 815 g/mol. The van der Waals surface area contributed by atoms with E-state index in [1.807, 2.05) is 24.3 Å². The predicted molar refractivity (Wildman–Crippen MR) is 281 cm³/mol. The van der Waals surface area contributed by atoms with Gasteiger partial charge in [0.05, 0.1) is 0 Å². The molecule has 1 N–H and O–H groups in total. The first-order valence-electron chi connectivity index (χ1n) is 22.9. The number of amidine groups is 2. The van der Waals surface area contributed by atoms with Crippen molar-refractivity contribution in [3.8, 4) is 22.3 Å². The molecule has 67 heavy (non-hydrogen) atoms. The van der Waals surface area contributed by atoms with Crippen LogP contribution >= 0.6 is 0 Å². The van der Waals surface area contributed by atoms with E-state index in [4.69, 9.17) is 14.4 Å². The third kappa shape index (κ3) is 5.93. The van der Waals surface area contributed by atoms with Crippen LogP contribution in [0.3, 0.4) is 0 Å². The van der Waals surface area contributed by atoms with Gasteiger partial charge in [-0.3, -0.25) is 0 Å². The number of fused-ring (bicyclic) bond motifs is 15. The van der Waals surface area contributed by atoms with Crippen LogP contribution in [0.5, 0.6) is 0 Å². The van der Waals surface area contributed by atoms with Crippen molar-refractivity contribution in [2.45, 2.75) is 6.17 Å². The molecule has 4 nitrogen and oxygen atoms in total. The average molecular weight is 854 g/mol. The molecule has 1 atom stereocenters. The maximum absolute atomic E-state index is 7.12. The van der Waals surface area contributed by atoms with Crippen molar-refractivity contribution in [1.29, 1.82) is 0 Å². The molecule has 12 aromatic carbocycles. The summed E-state index contributed by atoms with van der Waals surface area (Å²) < 4.78 is 7.12. The van der Waals surface area contributed by atoms with Gasteiger partial charge in [-0.25, -0.2) is 9.98 Å². The monoisotopic (exact) mass is 853 g/mol. The summed E-state index contributed by atoms with van der Waals surface area (Å²) in [4.78, 5) is 10.4. The molecule has 0 aliphatic carbocycles. The van der Waals surface area contributed by atoms with Gasteiger partial charge < -0.3 is 9.73 Å². The zero-order chi connectivity index (χ0) is 44.0. The smallest absolute Gasteiger partial charge is 0.159 e. The topological polar surface area (TPSA) is 49.9 Å². The van der Waals surface area contributed by atoms with Crippen LogP contribution in [0.2, 0.25) is 0 Å². The number of furan rings is 1. The van der Waals surface area contributed by atoms with Crippen LogP contribution in [0.4, 0.5) is 0 Å². The van der Waals surface area contributed by atoms with Gasteiger partial charge in [-0.1, -0.05) is 194 Å². The van der Waals surface area contributed by atoms with Crippen LogP contribution in [0.1, 0.15) is 22.9 Å². The first kappa shape index (κ1) is 37.5. The van der Waals surface area contributed by atoms with Gasteiger partial charge in [-0.05, 0) is 117 Å². The van der Waals surface area contributed by atoms with Crippen LogP contribution in [-0.2, 0) is 0 Å². The molecule has 0 amide bonds. The number of aliphatic imine (C=N–C) groups is 2. The summed E-state index contributed by atoms with van der Waals surface area (Å²) >= 11 is 0. The van der Waals surface area contributed by atoms with Crippen molar-refractivity contribution in [3.63, 3.8) is 0 Å². The van der Waals surface area contributed by atoms with Crippen LogP contribution in [0.15, 0.2) is 239 Å². The Morgan fingerprint density at radius 3 is 1.40 bits per heavy atom. The number of hydrogen-bond acceptors (Lipinski definition) is 4. The summed E-state index contributed by atoms with van der Waals surface area (Å²) in [5, 5.41) is 20.7. The zero-order valence-corrected chi connectivity index (χ0v) is 36.2. The highest BCUT2D eigenvalue weighted by Crippen LogP contribution is 2.45. The van der Waals surface area contributed by atoms with Gasteiger partial charge in [0, 0.05) is 27.5 Å². The minimum Gasteiger partial charge on any atom is -0.455 e. The fourth-order valence-corrected chi connectivity index (χ4v) is 10.8. The quantitative estimate of drug-likeness (QED) is 0.175. The molecule has 312 valence electrons. The molecule has 0 saturated carbocycles. The second-order valence-corrected chi connectivity index (χ2v) is 17.6. The summed E-state index contributed by atoms with van der Waals surface area (Å²) in [7, 11) is 0. The molecule has 0 radical (unpaired) electrons. The fraction of sp³-hybridized carbons (Fsp3) is 0.0159. The van der Waals surface area contributed by atoms with Crippen molar-refractivity contribution in [2.24, 2.45) is 9.98 Å². The van der Waals surface area contributed by atoms with Crippen LogP contribution in [0, 0.1) is 0 Å². The first-order valence-corrected chi connectivity index (χ1v) is 22.9. The number of rotatable bonds is 5. The van der Waals surface area contributed by atoms with Crippen molar-refractivity contribution in [1.82, 2.24) is 5.32 Å². The van der Waals surface area contributed by atoms with E-state index in [-0.39, 0.29) is 6.17 Å². The largest absolute Gasteiger partial charge is 0.455 e. The molecule has 0 fully saturated rings. The Labute approximate surface area is 385 Å². The van der Waals surface area contributed by atoms with E-state index in [1.54, 1.807) is 0 Å². The second-order valence-electron chi connectivity index (χ2n) is 17.6. The summed E-state index contributed by atoms with van der Waals surface area (Å²) in [5.41, 5.74) is 8.97. The highest BCUT2D eigenvalue weighted by molar-refractivity contribution is 6.28. The molecule has 13 aromatic rings. The molecule has 14 rings (SSSR count). The van der Waals surface area contributed by atoms with Crippen LogP contribution in [-0.4, -0.2) is 11.7 Å². The average Bonchev–Trinajstić information content (AvgIpc) is 3.80. The van der Waals surface area contributed by atoms with Crippen LogP contribution in [0.25, 0.3) is 109 Å². The standard InChI is InChI=1S/C63H39N3O/c1-3-16-38(17-4-1)61-64-62(39-18-5-2-6-19-39)66-63(65-61)53-28-15-29-58-59(53)57-37-42(40-30-32-51-47-24-9-7-20-43(47)45-22-11-13-26-49(45)55(51)34-40)36-54(60(57)67-58)41-31-33-52-48-25-10-8-21-44(48)46-23-12-14-27-50(46)56(52)35-41/h1-37,61H,(H,64,65,66). The Kier molecular flexibility index (Phi) is 8.31.